The smallest absolute Gasteiger partial charge is 0.306 e. The zero-order chi connectivity index (χ0) is 49.8. The molecule has 3 N–H and O–H groups in total. The summed E-state index contributed by atoms with van der Waals surface area (Å²) in [7, 11) is 0. The van der Waals surface area contributed by atoms with Crippen molar-refractivity contribution in [1.82, 2.24) is 10.6 Å². The molecule has 0 heterocycles. The topological polar surface area (TPSA) is 148 Å². The number of esters is 2. The lowest BCUT2D eigenvalue weighted by Crippen LogP contribution is -2.52. The van der Waals surface area contributed by atoms with Gasteiger partial charge in [0.05, 0.1) is 6.61 Å². The first kappa shape index (κ1) is 65.9. The highest BCUT2D eigenvalue weighted by molar-refractivity contribution is 7.99. The fraction of sp³-hybridized carbons (Fsp3) is 0.912. The summed E-state index contributed by atoms with van der Waals surface area (Å²) < 4.78 is 11.5. The highest BCUT2D eigenvalue weighted by Crippen LogP contribution is 2.18. The third kappa shape index (κ3) is 46.3. The molecule has 0 aromatic heterocycles. The highest BCUT2D eigenvalue weighted by atomic mass is 32.2. The Morgan fingerprint density at radius 3 is 1.15 bits per heavy atom. The molecule has 10 nitrogen and oxygen atoms in total. The molecule has 0 spiro atoms. The van der Waals surface area contributed by atoms with E-state index in [9.17, 15) is 29.1 Å². The molecule has 0 aliphatic heterocycles. The minimum Gasteiger partial charge on any atom is -0.462 e. The van der Waals surface area contributed by atoms with Crippen LogP contribution >= 0.6 is 11.8 Å². The normalized spacial score (nSPS) is 12.6. The van der Waals surface area contributed by atoms with Crippen LogP contribution in [0.3, 0.4) is 0 Å². The molecule has 1 radical (unpaired) electrons. The van der Waals surface area contributed by atoms with E-state index in [2.05, 4.69) is 31.4 Å². The molecule has 399 valence electrons. The summed E-state index contributed by atoms with van der Waals surface area (Å²) in [4.78, 5) is 63.5. The summed E-state index contributed by atoms with van der Waals surface area (Å²) in [5.41, 5.74) is 0. The Morgan fingerprint density at radius 1 is 0.456 bits per heavy atom. The maximum Gasteiger partial charge on any atom is 0.306 e. The molecule has 1 unspecified atom stereocenters. The molecular weight excluding hydrogens is 873 g/mol. The summed E-state index contributed by atoms with van der Waals surface area (Å²) in [6, 6.07) is -2.20. The van der Waals surface area contributed by atoms with Crippen LogP contribution in [0.4, 0.5) is 0 Å². The van der Waals surface area contributed by atoms with Crippen LogP contribution in [0.2, 0.25) is 0 Å². The van der Waals surface area contributed by atoms with E-state index in [4.69, 9.17) is 9.47 Å². The summed E-state index contributed by atoms with van der Waals surface area (Å²) in [6.07, 6.45) is 49.1. The lowest BCUT2D eigenvalue weighted by atomic mass is 10.0. The van der Waals surface area contributed by atoms with Crippen molar-refractivity contribution >= 4 is 41.8 Å². The average molecular weight is 981 g/mol. The second-order valence-corrected chi connectivity index (χ2v) is 20.9. The van der Waals surface area contributed by atoms with Gasteiger partial charge in [0.25, 0.3) is 0 Å². The first-order chi connectivity index (χ1) is 33.3. The number of hydrogen-bond acceptors (Lipinski definition) is 9. The van der Waals surface area contributed by atoms with E-state index in [0.717, 1.165) is 57.8 Å². The van der Waals surface area contributed by atoms with Gasteiger partial charge in [-0.15, -0.1) is 0 Å². The molecule has 0 aromatic carbocycles. The Labute approximate surface area is 422 Å². The number of unbranched alkanes of at least 4 members (excludes halogenated alkanes) is 36. The number of nitrogens with one attached hydrogen (secondary N) is 2. The number of thioether (sulfide) groups is 1. The Morgan fingerprint density at radius 2 is 0.794 bits per heavy atom. The van der Waals surface area contributed by atoms with Crippen molar-refractivity contribution in [3.63, 3.8) is 0 Å². The van der Waals surface area contributed by atoms with Gasteiger partial charge in [-0.1, -0.05) is 252 Å². The van der Waals surface area contributed by atoms with Gasteiger partial charge in [0.15, 0.2) is 0 Å². The molecule has 0 bridgehead atoms. The molecule has 0 aliphatic rings. The maximum absolute atomic E-state index is 13.2. The molecule has 0 saturated carbocycles. The number of amides is 2. The van der Waals surface area contributed by atoms with Gasteiger partial charge in [-0.05, 0) is 19.3 Å². The monoisotopic (exact) mass is 980 g/mol. The van der Waals surface area contributed by atoms with E-state index < -0.39 is 30.7 Å². The van der Waals surface area contributed by atoms with Crippen LogP contribution in [-0.2, 0) is 33.4 Å². The first-order valence-corrected chi connectivity index (χ1v) is 30.0. The molecule has 68 heavy (non-hydrogen) atoms. The number of carbonyl (C=O) groups excluding carboxylic acids is 5. The fourth-order valence-electron chi connectivity index (χ4n) is 8.65. The Hall–Kier alpha value is -2.14. The van der Waals surface area contributed by atoms with Crippen LogP contribution in [0, 0.1) is 0 Å². The third-order valence-corrected chi connectivity index (χ3v) is 14.3. The van der Waals surface area contributed by atoms with Gasteiger partial charge >= 0.3 is 11.9 Å². The van der Waals surface area contributed by atoms with Crippen molar-refractivity contribution in [2.45, 2.75) is 309 Å². The molecule has 3 atom stereocenters. The van der Waals surface area contributed by atoms with Crippen molar-refractivity contribution in [2.75, 3.05) is 24.7 Å². The lowest BCUT2D eigenvalue weighted by Gasteiger charge is -2.22. The van der Waals surface area contributed by atoms with Gasteiger partial charge < -0.3 is 25.2 Å². The van der Waals surface area contributed by atoms with Gasteiger partial charge in [-0.25, -0.2) is 0 Å². The largest absolute Gasteiger partial charge is 0.462 e. The van der Waals surface area contributed by atoms with Gasteiger partial charge in [0, 0.05) is 30.8 Å². The number of hydrogen-bond donors (Lipinski definition) is 3. The van der Waals surface area contributed by atoms with Crippen molar-refractivity contribution < 1.29 is 38.6 Å². The van der Waals surface area contributed by atoms with Crippen molar-refractivity contribution in [3.8, 4) is 0 Å². The fourth-order valence-corrected chi connectivity index (χ4v) is 9.68. The summed E-state index contributed by atoms with van der Waals surface area (Å²) in [6.45, 7) is 6.06. The van der Waals surface area contributed by atoms with Gasteiger partial charge in [-0.2, -0.15) is 11.8 Å². The molecule has 0 aromatic rings. The minimum atomic E-state index is -1.21. The van der Waals surface area contributed by atoms with Crippen LogP contribution < -0.4 is 10.6 Å². The molecule has 11 heteroatoms. The summed E-state index contributed by atoms with van der Waals surface area (Å²) in [5.74, 6) is -1.12. The highest BCUT2D eigenvalue weighted by Gasteiger charge is 2.25. The number of rotatable bonds is 54. The van der Waals surface area contributed by atoms with E-state index in [1.807, 2.05) is 0 Å². The van der Waals surface area contributed by atoms with E-state index >= 15 is 0 Å². The van der Waals surface area contributed by atoms with Crippen LogP contribution in [0.25, 0.3) is 0 Å². The van der Waals surface area contributed by atoms with Gasteiger partial charge in [0.1, 0.15) is 24.8 Å². The SMILES string of the molecule is CCCCCCCCCCCCCCCC(=O)N[C@@H](CSCC(COC(=O)CCCCCCCCCCCCCCC)OC(=O)CCCCCCCCCCCCCCC)C(=O)N[C@H]([C]=O)CO. The van der Waals surface area contributed by atoms with Crippen LogP contribution in [0.1, 0.15) is 290 Å². The second-order valence-electron chi connectivity index (χ2n) is 19.8. The maximum atomic E-state index is 13.2. The molecule has 2 amide bonds. The van der Waals surface area contributed by atoms with E-state index in [1.165, 1.54) is 198 Å². The Kier molecular flexibility index (Phi) is 51.0. The quantitative estimate of drug-likeness (QED) is 0.0400. The summed E-state index contributed by atoms with van der Waals surface area (Å²) >= 11 is 1.30. The van der Waals surface area contributed by atoms with Crippen molar-refractivity contribution in [1.29, 1.82) is 0 Å². The van der Waals surface area contributed by atoms with E-state index in [0.29, 0.717) is 12.8 Å². The summed E-state index contributed by atoms with van der Waals surface area (Å²) in [5, 5.41) is 14.8. The Balaban J connectivity index is 5.00. The van der Waals surface area contributed by atoms with Crippen LogP contribution in [0.5, 0.6) is 0 Å². The van der Waals surface area contributed by atoms with Crippen molar-refractivity contribution in [3.05, 3.63) is 0 Å². The zero-order valence-corrected chi connectivity index (χ0v) is 45.3. The zero-order valence-electron chi connectivity index (χ0n) is 44.5. The standard InChI is InChI=1S/C57H107N2O8S/c1-4-7-10-13-16-19-22-25-28-31-34-37-40-43-54(62)59-53(57(65)58-51(46-60)47-61)50-68-49-52(67-56(64)45-42-39-36-33-30-27-24-21-18-15-12-9-6-3)48-66-55(63)44-41-38-35-32-29-26-23-20-17-14-11-8-5-2/h51-53,60H,4-46,48-50H2,1-3H3,(H,58,65)(H,59,62)/t51-,52?,53-/m0/s1. The van der Waals surface area contributed by atoms with E-state index in [-0.39, 0.29) is 48.8 Å². The van der Waals surface area contributed by atoms with Gasteiger partial charge in [0.2, 0.25) is 18.1 Å². The number of ether oxygens (including phenoxy) is 2. The molecule has 0 fully saturated rings. The predicted molar refractivity (Wildman–Crippen MR) is 286 cm³/mol. The lowest BCUT2D eigenvalue weighted by molar-refractivity contribution is -0.157. The van der Waals surface area contributed by atoms with Crippen molar-refractivity contribution in [2.24, 2.45) is 0 Å². The molecule has 0 rings (SSSR count). The molecular formula is C57H107N2O8S. The van der Waals surface area contributed by atoms with Crippen LogP contribution in [-0.4, -0.2) is 78.1 Å². The van der Waals surface area contributed by atoms with E-state index in [1.54, 1.807) is 6.29 Å². The predicted octanol–water partition coefficient (Wildman–Crippen LogP) is 14.7. The minimum absolute atomic E-state index is 0.0798. The Bertz CT molecular complexity index is 1160. The molecule has 0 aliphatic carbocycles. The van der Waals surface area contributed by atoms with Crippen LogP contribution in [0.15, 0.2) is 0 Å². The number of carbonyl (C=O) groups is 4. The number of aliphatic hydroxyl groups excluding tert-OH is 1. The average Bonchev–Trinajstić information content (AvgIpc) is 3.33. The first-order valence-electron chi connectivity index (χ1n) is 28.8. The second kappa shape index (κ2) is 52.7. The third-order valence-electron chi connectivity index (χ3n) is 13.1. The number of aliphatic hydroxyl groups is 1. The van der Waals surface area contributed by atoms with Gasteiger partial charge in [-0.3, -0.25) is 24.0 Å². The molecule has 0 saturated heterocycles.